The molecule has 2 heterocycles. The average molecular weight is 236 g/mol. The summed E-state index contributed by atoms with van der Waals surface area (Å²) in [6.07, 6.45) is 5.51. The molecule has 16 heavy (non-hydrogen) atoms. The van der Waals surface area contributed by atoms with Crippen molar-refractivity contribution in [1.82, 2.24) is 4.90 Å². The van der Waals surface area contributed by atoms with Crippen LogP contribution in [0.15, 0.2) is 28.4 Å². The van der Waals surface area contributed by atoms with E-state index in [4.69, 9.17) is 9.73 Å². The van der Waals surface area contributed by atoms with Gasteiger partial charge in [0.25, 0.3) is 0 Å². The van der Waals surface area contributed by atoms with Gasteiger partial charge in [0.05, 0.1) is 24.2 Å². The van der Waals surface area contributed by atoms with Gasteiger partial charge in [-0.15, -0.1) is 0 Å². The number of aliphatic imine (C=N–C) groups is 1. The van der Waals surface area contributed by atoms with Crippen LogP contribution < -0.4 is 0 Å². The SMILES string of the molecule is CC1=CC=C2N=C(N3CCOCC3)SC2C1. The second-order valence-corrected chi connectivity index (χ2v) is 5.58. The molecular formula is C12H16N2OS. The van der Waals surface area contributed by atoms with E-state index >= 15 is 0 Å². The van der Waals surface area contributed by atoms with Crippen LogP contribution in [0, 0.1) is 0 Å². The molecule has 1 atom stereocenters. The molecule has 4 heteroatoms. The van der Waals surface area contributed by atoms with Gasteiger partial charge in [0.1, 0.15) is 0 Å². The Morgan fingerprint density at radius 3 is 3.00 bits per heavy atom. The number of ether oxygens (including phenoxy) is 1. The molecule has 0 spiro atoms. The Hall–Kier alpha value is -0.740. The lowest BCUT2D eigenvalue weighted by Gasteiger charge is -2.28. The zero-order chi connectivity index (χ0) is 11.0. The van der Waals surface area contributed by atoms with Crippen molar-refractivity contribution in [1.29, 1.82) is 0 Å². The van der Waals surface area contributed by atoms with Crippen molar-refractivity contribution in [3.63, 3.8) is 0 Å². The molecule has 2 aliphatic heterocycles. The fourth-order valence-corrected chi connectivity index (χ4v) is 3.52. The standard InChI is InChI=1S/C12H16N2OS/c1-9-2-3-10-11(8-9)16-12(13-10)14-4-6-15-7-5-14/h2-3,11H,4-8H2,1H3. The van der Waals surface area contributed by atoms with E-state index in [0.717, 1.165) is 32.7 Å². The molecule has 0 radical (unpaired) electrons. The summed E-state index contributed by atoms with van der Waals surface area (Å²) in [5.41, 5.74) is 2.71. The molecule has 86 valence electrons. The van der Waals surface area contributed by atoms with Gasteiger partial charge in [-0.1, -0.05) is 23.4 Å². The Morgan fingerprint density at radius 2 is 2.19 bits per heavy atom. The van der Waals surface area contributed by atoms with Crippen molar-refractivity contribution in [2.24, 2.45) is 4.99 Å². The predicted molar refractivity (Wildman–Crippen MR) is 67.7 cm³/mol. The van der Waals surface area contributed by atoms with E-state index in [2.05, 4.69) is 24.0 Å². The number of hydrogen-bond acceptors (Lipinski definition) is 4. The van der Waals surface area contributed by atoms with Crippen molar-refractivity contribution in [2.75, 3.05) is 26.3 Å². The number of thioether (sulfide) groups is 1. The maximum Gasteiger partial charge on any atom is 0.164 e. The Labute approximate surface area is 100 Å². The summed E-state index contributed by atoms with van der Waals surface area (Å²) in [6, 6.07) is 0. The first-order valence-electron chi connectivity index (χ1n) is 5.78. The van der Waals surface area contributed by atoms with E-state index in [0.29, 0.717) is 5.25 Å². The fraction of sp³-hybridized carbons (Fsp3) is 0.583. The molecular weight excluding hydrogens is 220 g/mol. The molecule has 0 aromatic heterocycles. The number of hydrogen-bond donors (Lipinski definition) is 0. The lowest BCUT2D eigenvalue weighted by Crippen LogP contribution is -2.39. The number of nitrogens with zero attached hydrogens (tertiary/aromatic N) is 2. The minimum Gasteiger partial charge on any atom is -0.378 e. The third-order valence-electron chi connectivity index (χ3n) is 3.13. The molecule has 0 N–H and O–H groups in total. The van der Waals surface area contributed by atoms with Crippen molar-refractivity contribution in [3.8, 4) is 0 Å². The highest BCUT2D eigenvalue weighted by atomic mass is 32.2. The second-order valence-electron chi connectivity index (χ2n) is 4.41. The van der Waals surface area contributed by atoms with Crippen molar-refractivity contribution >= 4 is 16.9 Å². The van der Waals surface area contributed by atoms with Crippen LogP contribution in [-0.2, 0) is 4.74 Å². The third-order valence-corrected chi connectivity index (χ3v) is 4.38. The number of rotatable bonds is 0. The molecule has 1 saturated heterocycles. The summed E-state index contributed by atoms with van der Waals surface area (Å²) in [5.74, 6) is 0. The molecule has 0 aromatic rings. The van der Waals surface area contributed by atoms with Crippen molar-refractivity contribution < 1.29 is 4.74 Å². The van der Waals surface area contributed by atoms with E-state index in [1.165, 1.54) is 16.4 Å². The summed E-state index contributed by atoms with van der Waals surface area (Å²) in [7, 11) is 0. The van der Waals surface area contributed by atoms with Crippen LogP contribution in [0.4, 0.5) is 0 Å². The Kier molecular flexibility index (Phi) is 2.77. The Balaban J connectivity index is 1.75. The van der Waals surface area contributed by atoms with Crippen LogP contribution >= 0.6 is 11.8 Å². The first kappa shape index (κ1) is 10.4. The van der Waals surface area contributed by atoms with Crippen LogP contribution in [-0.4, -0.2) is 41.6 Å². The molecule has 0 bridgehead atoms. The average Bonchev–Trinajstić information content (AvgIpc) is 2.73. The van der Waals surface area contributed by atoms with Crippen LogP contribution in [0.1, 0.15) is 13.3 Å². The molecule has 0 amide bonds. The topological polar surface area (TPSA) is 24.8 Å². The number of fused-ring (bicyclic) bond motifs is 1. The molecule has 3 rings (SSSR count). The minimum atomic E-state index is 0.558. The van der Waals surface area contributed by atoms with Gasteiger partial charge in [-0.05, 0) is 19.4 Å². The number of allylic oxidation sites excluding steroid dienone is 3. The van der Waals surface area contributed by atoms with Crippen LogP contribution in [0.2, 0.25) is 0 Å². The zero-order valence-electron chi connectivity index (χ0n) is 9.48. The first-order valence-corrected chi connectivity index (χ1v) is 6.66. The van der Waals surface area contributed by atoms with Gasteiger partial charge < -0.3 is 9.64 Å². The lowest BCUT2D eigenvalue weighted by atomic mass is 10.0. The highest BCUT2D eigenvalue weighted by Crippen LogP contribution is 2.37. The van der Waals surface area contributed by atoms with Crippen LogP contribution in [0.25, 0.3) is 0 Å². The summed E-state index contributed by atoms with van der Waals surface area (Å²) in [4.78, 5) is 7.08. The maximum absolute atomic E-state index is 5.36. The van der Waals surface area contributed by atoms with Crippen molar-refractivity contribution in [3.05, 3.63) is 23.4 Å². The molecule has 3 aliphatic rings. The third kappa shape index (κ3) is 1.92. The van der Waals surface area contributed by atoms with Gasteiger partial charge in [0.15, 0.2) is 5.17 Å². The monoisotopic (exact) mass is 236 g/mol. The van der Waals surface area contributed by atoms with E-state index in [1.807, 2.05) is 11.8 Å². The summed E-state index contributed by atoms with van der Waals surface area (Å²) < 4.78 is 5.36. The Morgan fingerprint density at radius 1 is 1.38 bits per heavy atom. The van der Waals surface area contributed by atoms with E-state index < -0.39 is 0 Å². The molecule has 3 nitrogen and oxygen atoms in total. The molecule has 0 saturated carbocycles. The van der Waals surface area contributed by atoms with Gasteiger partial charge in [-0.2, -0.15) is 0 Å². The van der Waals surface area contributed by atoms with Gasteiger partial charge in [-0.25, -0.2) is 4.99 Å². The minimum absolute atomic E-state index is 0.558. The molecule has 0 aromatic carbocycles. The van der Waals surface area contributed by atoms with Gasteiger partial charge in [0, 0.05) is 13.1 Å². The predicted octanol–water partition coefficient (Wildman–Crippen LogP) is 2.02. The summed E-state index contributed by atoms with van der Waals surface area (Å²) in [5, 5.41) is 1.76. The smallest absolute Gasteiger partial charge is 0.164 e. The van der Waals surface area contributed by atoms with Gasteiger partial charge in [-0.3, -0.25) is 0 Å². The van der Waals surface area contributed by atoms with E-state index in [9.17, 15) is 0 Å². The number of morpholine rings is 1. The molecule has 1 unspecified atom stereocenters. The maximum atomic E-state index is 5.36. The molecule has 1 aliphatic carbocycles. The fourth-order valence-electron chi connectivity index (χ4n) is 2.18. The zero-order valence-corrected chi connectivity index (χ0v) is 10.3. The van der Waals surface area contributed by atoms with Crippen LogP contribution in [0.5, 0.6) is 0 Å². The van der Waals surface area contributed by atoms with Crippen LogP contribution in [0.3, 0.4) is 0 Å². The number of amidine groups is 1. The van der Waals surface area contributed by atoms with Gasteiger partial charge in [0.2, 0.25) is 0 Å². The quantitative estimate of drug-likeness (QED) is 0.643. The summed E-state index contributed by atoms with van der Waals surface area (Å²) >= 11 is 1.92. The summed E-state index contributed by atoms with van der Waals surface area (Å²) in [6.45, 7) is 5.83. The highest BCUT2D eigenvalue weighted by Gasteiger charge is 2.30. The van der Waals surface area contributed by atoms with E-state index in [-0.39, 0.29) is 0 Å². The van der Waals surface area contributed by atoms with Crippen molar-refractivity contribution in [2.45, 2.75) is 18.6 Å². The van der Waals surface area contributed by atoms with E-state index in [1.54, 1.807) is 0 Å². The van der Waals surface area contributed by atoms with Gasteiger partial charge >= 0.3 is 0 Å². The first-order chi connectivity index (χ1) is 7.83. The Bertz CT molecular complexity index is 380. The highest BCUT2D eigenvalue weighted by molar-refractivity contribution is 8.14. The largest absolute Gasteiger partial charge is 0.378 e. The second kappa shape index (κ2) is 4.26. The molecule has 1 fully saturated rings. The lowest BCUT2D eigenvalue weighted by molar-refractivity contribution is 0.0694. The normalized spacial score (nSPS) is 29.4.